The van der Waals surface area contributed by atoms with Crippen molar-refractivity contribution in [2.45, 2.75) is 13.5 Å². The first kappa shape index (κ1) is 11.3. The van der Waals surface area contributed by atoms with Gasteiger partial charge in [0.2, 0.25) is 5.88 Å². The Hall–Kier alpha value is -2.17. The first-order chi connectivity index (χ1) is 8.29. The molecule has 2 heterocycles. The molecule has 0 saturated carbocycles. The molecule has 0 aliphatic heterocycles. The molecule has 1 N–H and O–H groups in total. The van der Waals surface area contributed by atoms with Gasteiger partial charge in [-0.15, -0.1) is 0 Å². The van der Waals surface area contributed by atoms with Crippen molar-refractivity contribution in [3.63, 3.8) is 0 Å². The Balaban J connectivity index is 2.07. The minimum absolute atomic E-state index is 0.619. The SMILES string of the molecule is COc1ncccc1CNc1ccnc(C)n1. The first-order valence-electron chi connectivity index (χ1n) is 5.31. The maximum Gasteiger partial charge on any atom is 0.218 e. The summed E-state index contributed by atoms with van der Waals surface area (Å²) in [6, 6.07) is 5.67. The van der Waals surface area contributed by atoms with Crippen molar-refractivity contribution in [2.75, 3.05) is 12.4 Å². The van der Waals surface area contributed by atoms with E-state index in [0.717, 1.165) is 17.2 Å². The zero-order valence-electron chi connectivity index (χ0n) is 9.84. The maximum absolute atomic E-state index is 5.17. The van der Waals surface area contributed by atoms with E-state index in [-0.39, 0.29) is 0 Å². The second kappa shape index (κ2) is 5.25. The highest BCUT2D eigenvalue weighted by molar-refractivity contribution is 5.36. The van der Waals surface area contributed by atoms with Crippen LogP contribution in [-0.4, -0.2) is 22.1 Å². The summed E-state index contributed by atoms with van der Waals surface area (Å²) in [7, 11) is 1.61. The number of hydrogen-bond donors (Lipinski definition) is 1. The van der Waals surface area contributed by atoms with E-state index in [2.05, 4.69) is 20.3 Å². The molecule has 2 aromatic heterocycles. The Labute approximate surface area is 99.9 Å². The van der Waals surface area contributed by atoms with Gasteiger partial charge in [-0.2, -0.15) is 0 Å². The Bertz CT molecular complexity index is 501. The van der Waals surface area contributed by atoms with Crippen LogP contribution in [0, 0.1) is 6.92 Å². The number of methoxy groups -OCH3 is 1. The molecule has 17 heavy (non-hydrogen) atoms. The lowest BCUT2D eigenvalue weighted by Crippen LogP contribution is -2.04. The Morgan fingerprint density at radius 1 is 1.24 bits per heavy atom. The predicted molar refractivity (Wildman–Crippen MR) is 64.9 cm³/mol. The maximum atomic E-state index is 5.17. The van der Waals surface area contributed by atoms with Crippen LogP contribution < -0.4 is 10.1 Å². The number of aryl methyl sites for hydroxylation is 1. The van der Waals surface area contributed by atoms with E-state index in [0.29, 0.717) is 12.4 Å². The second-order valence-electron chi connectivity index (χ2n) is 3.51. The summed E-state index contributed by atoms with van der Waals surface area (Å²) in [5.74, 6) is 2.17. The average Bonchev–Trinajstić information content (AvgIpc) is 2.37. The molecule has 2 rings (SSSR count). The van der Waals surface area contributed by atoms with Gasteiger partial charge in [-0.3, -0.25) is 0 Å². The number of pyridine rings is 1. The molecule has 5 heteroatoms. The van der Waals surface area contributed by atoms with Crippen molar-refractivity contribution in [1.29, 1.82) is 0 Å². The van der Waals surface area contributed by atoms with E-state index in [1.807, 2.05) is 25.1 Å². The zero-order chi connectivity index (χ0) is 12.1. The van der Waals surface area contributed by atoms with Crippen molar-refractivity contribution in [3.05, 3.63) is 42.0 Å². The van der Waals surface area contributed by atoms with Gasteiger partial charge in [-0.25, -0.2) is 15.0 Å². The molecule has 0 radical (unpaired) electrons. The van der Waals surface area contributed by atoms with Crippen molar-refractivity contribution in [2.24, 2.45) is 0 Å². The molecular formula is C12H14N4O. The van der Waals surface area contributed by atoms with Gasteiger partial charge in [0.15, 0.2) is 0 Å². The Kier molecular flexibility index (Phi) is 3.49. The highest BCUT2D eigenvalue weighted by Gasteiger charge is 2.03. The van der Waals surface area contributed by atoms with E-state index < -0.39 is 0 Å². The van der Waals surface area contributed by atoms with Crippen molar-refractivity contribution in [3.8, 4) is 5.88 Å². The smallest absolute Gasteiger partial charge is 0.218 e. The van der Waals surface area contributed by atoms with Crippen LogP contribution in [0.25, 0.3) is 0 Å². The lowest BCUT2D eigenvalue weighted by Gasteiger charge is -2.08. The molecule has 0 atom stereocenters. The summed E-state index contributed by atoms with van der Waals surface area (Å²) in [5.41, 5.74) is 0.992. The fraction of sp³-hybridized carbons (Fsp3) is 0.250. The minimum atomic E-state index is 0.619. The van der Waals surface area contributed by atoms with Gasteiger partial charge in [-0.1, -0.05) is 6.07 Å². The number of ether oxygens (including phenoxy) is 1. The van der Waals surface area contributed by atoms with Crippen LogP contribution in [0.15, 0.2) is 30.6 Å². The van der Waals surface area contributed by atoms with E-state index in [4.69, 9.17) is 4.74 Å². The van der Waals surface area contributed by atoms with Crippen LogP contribution >= 0.6 is 0 Å². The second-order valence-corrected chi connectivity index (χ2v) is 3.51. The Morgan fingerprint density at radius 3 is 2.88 bits per heavy atom. The third-order valence-electron chi connectivity index (χ3n) is 2.28. The summed E-state index contributed by atoms with van der Waals surface area (Å²) in [4.78, 5) is 12.4. The van der Waals surface area contributed by atoms with Gasteiger partial charge in [-0.05, 0) is 19.1 Å². The number of rotatable bonds is 4. The molecule has 0 aromatic carbocycles. The summed E-state index contributed by atoms with van der Waals surface area (Å²) in [5, 5.41) is 3.21. The number of anilines is 1. The monoisotopic (exact) mass is 230 g/mol. The van der Waals surface area contributed by atoms with E-state index in [9.17, 15) is 0 Å². The molecule has 0 saturated heterocycles. The molecule has 88 valence electrons. The van der Waals surface area contributed by atoms with Crippen molar-refractivity contribution in [1.82, 2.24) is 15.0 Å². The molecule has 0 spiro atoms. The average molecular weight is 230 g/mol. The summed E-state index contributed by atoms with van der Waals surface area (Å²) in [6.07, 6.45) is 3.43. The molecule has 0 unspecified atom stereocenters. The minimum Gasteiger partial charge on any atom is -0.481 e. The third kappa shape index (κ3) is 2.90. The molecule has 0 fully saturated rings. The third-order valence-corrected chi connectivity index (χ3v) is 2.28. The van der Waals surface area contributed by atoms with E-state index in [1.165, 1.54) is 0 Å². The quantitative estimate of drug-likeness (QED) is 0.867. The van der Waals surface area contributed by atoms with Gasteiger partial charge in [0.1, 0.15) is 11.6 Å². The topological polar surface area (TPSA) is 59.9 Å². The zero-order valence-corrected chi connectivity index (χ0v) is 9.84. The molecule has 5 nitrogen and oxygen atoms in total. The van der Waals surface area contributed by atoms with Gasteiger partial charge in [0.05, 0.1) is 7.11 Å². The van der Waals surface area contributed by atoms with Crippen LogP contribution in [0.3, 0.4) is 0 Å². The Morgan fingerprint density at radius 2 is 2.12 bits per heavy atom. The lowest BCUT2D eigenvalue weighted by atomic mass is 10.2. The van der Waals surface area contributed by atoms with Crippen LogP contribution in [0.5, 0.6) is 5.88 Å². The summed E-state index contributed by atoms with van der Waals surface area (Å²) in [6.45, 7) is 2.48. The molecule has 2 aromatic rings. The van der Waals surface area contributed by atoms with Crippen LogP contribution in [0.2, 0.25) is 0 Å². The van der Waals surface area contributed by atoms with E-state index in [1.54, 1.807) is 19.5 Å². The van der Waals surface area contributed by atoms with Gasteiger partial charge in [0, 0.05) is 24.5 Å². The van der Waals surface area contributed by atoms with Crippen molar-refractivity contribution < 1.29 is 4.74 Å². The largest absolute Gasteiger partial charge is 0.481 e. The first-order valence-corrected chi connectivity index (χ1v) is 5.31. The standard InChI is InChI=1S/C12H14N4O/c1-9-13-7-5-11(16-9)15-8-10-4-3-6-14-12(10)17-2/h3-7H,8H2,1-2H3,(H,13,15,16). The molecule has 0 amide bonds. The fourth-order valence-electron chi connectivity index (χ4n) is 1.48. The number of aromatic nitrogens is 3. The number of nitrogens with zero attached hydrogens (tertiary/aromatic N) is 3. The molecule has 0 aliphatic carbocycles. The van der Waals surface area contributed by atoms with Gasteiger partial charge in [0.25, 0.3) is 0 Å². The van der Waals surface area contributed by atoms with Crippen LogP contribution in [0.4, 0.5) is 5.82 Å². The highest BCUT2D eigenvalue weighted by Crippen LogP contribution is 2.14. The van der Waals surface area contributed by atoms with Crippen molar-refractivity contribution >= 4 is 5.82 Å². The molecule has 0 bridgehead atoms. The summed E-state index contributed by atoms with van der Waals surface area (Å²) >= 11 is 0. The van der Waals surface area contributed by atoms with Gasteiger partial charge < -0.3 is 10.1 Å². The van der Waals surface area contributed by atoms with E-state index >= 15 is 0 Å². The van der Waals surface area contributed by atoms with Crippen LogP contribution in [0.1, 0.15) is 11.4 Å². The number of nitrogens with one attached hydrogen (secondary N) is 1. The predicted octanol–water partition coefficient (Wildman–Crippen LogP) is 1.80. The fourth-order valence-corrected chi connectivity index (χ4v) is 1.48. The number of hydrogen-bond acceptors (Lipinski definition) is 5. The molecule has 0 aliphatic rings. The normalized spacial score (nSPS) is 10.0. The molecular weight excluding hydrogens is 216 g/mol. The lowest BCUT2D eigenvalue weighted by molar-refractivity contribution is 0.393. The summed E-state index contributed by atoms with van der Waals surface area (Å²) < 4.78 is 5.17. The van der Waals surface area contributed by atoms with Gasteiger partial charge >= 0.3 is 0 Å². The van der Waals surface area contributed by atoms with Crippen LogP contribution in [-0.2, 0) is 6.54 Å². The highest BCUT2D eigenvalue weighted by atomic mass is 16.5.